The summed E-state index contributed by atoms with van der Waals surface area (Å²) in [5.41, 5.74) is 8.98. The molecule has 0 unspecified atom stereocenters. The fraction of sp³-hybridized carbons (Fsp3) is 0.0769. The minimum atomic E-state index is 0.791. The highest BCUT2D eigenvalue weighted by Gasteiger charge is 2.20. The van der Waals surface area contributed by atoms with E-state index in [1.54, 1.807) is 0 Å². The zero-order valence-electron chi connectivity index (χ0n) is 8.53. The van der Waals surface area contributed by atoms with E-state index in [0.717, 1.165) is 39.2 Å². The Kier molecular flexibility index (Phi) is 2.14. The molecule has 1 aliphatic heterocycles. The van der Waals surface area contributed by atoms with Crippen LogP contribution in [0.15, 0.2) is 40.9 Å². The van der Waals surface area contributed by atoms with Gasteiger partial charge in [0.15, 0.2) is 0 Å². The normalized spacial score (nSPS) is 12.6. The van der Waals surface area contributed by atoms with Crippen molar-refractivity contribution in [3.63, 3.8) is 0 Å². The van der Waals surface area contributed by atoms with Crippen LogP contribution in [0.5, 0.6) is 11.5 Å². The second-order valence-electron chi connectivity index (χ2n) is 3.82. The van der Waals surface area contributed by atoms with Crippen LogP contribution in [0.4, 0.5) is 5.69 Å². The summed E-state index contributed by atoms with van der Waals surface area (Å²) in [6.07, 6.45) is 0.818. The lowest BCUT2D eigenvalue weighted by Crippen LogP contribution is -2.06. The maximum Gasteiger partial charge on any atom is 0.133 e. The lowest BCUT2D eigenvalue weighted by molar-refractivity contribution is 0.460. The molecule has 2 aromatic rings. The van der Waals surface area contributed by atoms with Crippen LogP contribution in [-0.2, 0) is 6.42 Å². The Labute approximate surface area is 102 Å². The van der Waals surface area contributed by atoms with Gasteiger partial charge in [0.25, 0.3) is 0 Å². The summed E-state index contributed by atoms with van der Waals surface area (Å²) in [7, 11) is 0. The van der Waals surface area contributed by atoms with Crippen molar-refractivity contribution >= 4 is 21.6 Å². The molecule has 0 aromatic heterocycles. The molecule has 0 radical (unpaired) electrons. The molecule has 3 rings (SSSR count). The molecule has 1 heterocycles. The molecule has 0 spiro atoms. The molecule has 0 atom stereocenters. The summed E-state index contributed by atoms with van der Waals surface area (Å²) in [5, 5.41) is 0. The Morgan fingerprint density at radius 3 is 2.50 bits per heavy atom. The zero-order valence-corrected chi connectivity index (χ0v) is 10.1. The first-order valence-electron chi connectivity index (χ1n) is 5.08. The van der Waals surface area contributed by atoms with Gasteiger partial charge in [-0.1, -0.05) is 28.1 Å². The van der Waals surface area contributed by atoms with E-state index in [-0.39, 0.29) is 0 Å². The fourth-order valence-corrected chi connectivity index (χ4v) is 2.46. The van der Waals surface area contributed by atoms with E-state index in [1.807, 2.05) is 36.4 Å². The predicted octanol–water partition coefficient (Wildman–Crippen LogP) is 3.73. The molecule has 2 nitrogen and oxygen atoms in total. The summed E-state index contributed by atoms with van der Waals surface area (Å²) >= 11 is 3.54. The van der Waals surface area contributed by atoms with Gasteiger partial charge in [-0.15, -0.1) is 0 Å². The van der Waals surface area contributed by atoms with Crippen molar-refractivity contribution in [2.75, 3.05) is 5.73 Å². The smallest absolute Gasteiger partial charge is 0.133 e. The number of nitrogen functional groups attached to an aromatic ring is 1. The Morgan fingerprint density at radius 2 is 1.69 bits per heavy atom. The number of nitrogens with two attached hydrogens (primary N) is 1. The van der Waals surface area contributed by atoms with Crippen molar-refractivity contribution in [2.45, 2.75) is 6.42 Å². The molecule has 0 fully saturated rings. The number of rotatable bonds is 0. The summed E-state index contributed by atoms with van der Waals surface area (Å²) in [5.74, 6) is 1.78. The van der Waals surface area contributed by atoms with Crippen LogP contribution in [0.3, 0.4) is 0 Å². The SMILES string of the molecule is Nc1cccc2c1Cc1c(Br)cccc1O2. The third kappa shape index (κ3) is 1.39. The summed E-state index contributed by atoms with van der Waals surface area (Å²) < 4.78 is 6.90. The number of hydrogen-bond acceptors (Lipinski definition) is 2. The van der Waals surface area contributed by atoms with E-state index in [2.05, 4.69) is 15.9 Å². The molecule has 0 aliphatic carbocycles. The molecule has 2 N–H and O–H groups in total. The second-order valence-corrected chi connectivity index (χ2v) is 4.67. The minimum Gasteiger partial charge on any atom is -0.457 e. The molecule has 0 saturated carbocycles. The number of anilines is 1. The molecule has 3 heteroatoms. The Bertz CT molecular complexity index is 516. The van der Waals surface area contributed by atoms with Gasteiger partial charge >= 0.3 is 0 Å². The van der Waals surface area contributed by atoms with E-state index in [0.29, 0.717) is 0 Å². The average molecular weight is 276 g/mol. The number of hydrogen-bond donors (Lipinski definition) is 1. The van der Waals surface area contributed by atoms with Gasteiger partial charge in [-0.2, -0.15) is 0 Å². The monoisotopic (exact) mass is 275 g/mol. The first-order valence-corrected chi connectivity index (χ1v) is 5.87. The first-order chi connectivity index (χ1) is 7.75. The molecule has 0 bridgehead atoms. The third-order valence-corrected chi connectivity index (χ3v) is 3.56. The first kappa shape index (κ1) is 9.73. The topological polar surface area (TPSA) is 35.2 Å². The molecule has 16 heavy (non-hydrogen) atoms. The van der Waals surface area contributed by atoms with Crippen molar-refractivity contribution in [1.29, 1.82) is 0 Å². The van der Waals surface area contributed by atoms with Crippen molar-refractivity contribution in [2.24, 2.45) is 0 Å². The number of halogens is 1. The van der Waals surface area contributed by atoms with Crippen LogP contribution in [-0.4, -0.2) is 0 Å². The second kappa shape index (κ2) is 3.52. The summed E-state index contributed by atoms with van der Waals surface area (Å²) in [4.78, 5) is 0. The van der Waals surface area contributed by atoms with Crippen LogP contribution in [0.2, 0.25) is 0 Å². The molecule has 2 aromatic carbocycles. The van der Waals surface area contributed by atoms with Crippen LogP contribution in [0.25, 0.3) is 0 Å². The predicted molar refractivity (Wildman–Crippen MR) is 67.9 cm³/mol. The van der Waals surface area contributed by atoms with Gasteiger partial charge in [-0.3, -0.25) is 0 Å². The van der Waals surface area contributed by atoms with Crippen LogP contribution < -0.4 is 10.5 Å². The van der Waals surface area contributed by atoms with Crippen molar-refractivity contribution in [3.05, 3.63) is 52.0 Å². The van der Waals surface area contributed by atoms with E-state index >= 15 is 0 Å². The van der Waals surface area contributed by atoms with E-state index in [4.69, 9.17) is 10.5 Å². The molecule has 0 amide bonds. The van der Waals surface area contributed by atoms with Crippen LogP contribution in [0.1, 0.15) is 11.1 Å². The Balaban J connectivity index is 2.17. The largest absolute Gasteiger partial charge is 0.457 e. The maximum absolute atomic E-state index is 5.95. The number of benzene rings is 2. The number of fused-ring (bicyclic) bond motifs is 2. The van der Waals surface area contributed by atoms with Gasteiger partial charge < -0.3 is 10.5 Å². The quantitative estimate of drug-likeness (QED) is 0.635. The summed E-state index contributed by atoms with van der Waals surface area (Å²) in [6.45, 7) is 0. The van der Waals surface area contributed by atoms with Crippen molar-refractivity contribution in [1.82, 2.24) is 0 Å². The minimum absolute atomic E-state index is 0.791. The summed E-state index contributed by atoms with van der Waals surface area (Å²) in [6, 6.07) is 11.7. The lowest BCUT2D eigenvalue weighted by Gasteiger charge is -2.22. The van der Waals surface area contributed by atoms with Gasteiger partial charge in [-0.05, 0) is 24.3 Å². The third-order valence-electron chi connectivity index (χ3n) is 2.82. The van der Waals surface area contributed by atoms with E-state index in [1.165, 1.54) is 0 Å². The molecule has 0 saturated heterocycles. The van der Waals surface area contributed by atoms with Crippen LogP contribution in [0, 0.1) is 0 Å². The molecule has 80 valence electrons. The van der Waals surface area contributed by atoms with Crippen molar-refractivity contribution in [3.8, 4) is 11.5 Å². The highest BCUT2D eigenvalue weighted by Crippen LogP contribution is 2.41. The highest BCUT2D eigenvalue weighted by molar-refractivity contribution is 9.10. The lowest BCUT2D eigenvalue weighted by atomic mass is 9.99. The van der Waals surface area contributed by atoms with Gasteiger partial charge in [-0.25, -0.2) is 0 Å². The number of ether oxygens (including phenoxy) is 1. The van der Waals surface area contributed by atoms with Crippen molar-refractivity contribution < 1.29 is 4.74 Å². The fourth-order valence-electron chi connectivity index (χ4n) is 1.97. The maximum atomic E-state index is 5.95. The Morgan fingerprint density at radius 1 is 1.00 bits per heavy atom. The van der Waals surface area contributed by atoms with Gasteiger partial charge in [0, 0.05) is 27.7 Å². The average Bonchev–Trinajstić information content (AvgIpc) is 2.28. The standard InChI is InChI=1S/C13H10BrNO/c14-10-3-1-5-12-8(10)7-9-11(15)4-2-6-13(9)16-12/h1-6H,7,15H2. The van der Waals surface area contributed by atoms with E-state index < -0.39 is 0 Å². The van der Waals surface area contributed by atoms with Gasteiger partial charge in [0.1, 0.15) is 11.5 Å². The van der Waals surface area contributed by atoms with Gasteiger partial charge in [0.05, 0.1) is 0 Å². The zero-order chi connectivity index (χ0) is 11.1. The van der Waals surface area contributed by atoms with Crippen LogP contribution >= 0.6 is 15.9 Å². The van der Waals surface area contributed by atoms with Gasteiger partial charge in [0.2, 0.25) is 0 Å². The Hall–Kier alpha value is -1.48. The molecule has 1 aliphatic rings. The van der Waals surface area contributed by atoms with E-state index in [9.17, 15) is 0 Å². The highest BCUT2D eigenvalue weighted by atomic mass is 79.9. The molecular weight excluding hydrogens is 266 g/mol. The molecular formula is C13H10BrNO.